The number of aromatic nitrogens is 1. The number of hydrogen-bond donors (Lipinski definition) is 1. The minimum absolute atomic E-state index is 0.0355. The lowest BCUT2D eigenvalue weighted by Crippen LogP contribution is -2.28. The lowest BCUT2D eigenvalue weighted by Gasteiger charge is -2.18. The quantitative estimate of drug-likeness (QED) is 0.483. The molecule has 0 aliphatic carbocycles. The first kappa shape index (κ1) is 24.0. The van der Waals surface area contributed by atoms with E-state index in [1.165, 1.54) is 0 Å². The van der Waals surface area contributed by atoms with Gasteiger partial charge in [-0.15, -0.1) is 0 Å². The Morgan fingerprint density at radius 3 is 2.48 bits per heavy atom. The lowest BCUT2D eigenvalue weighted by molar-refractivity contribution is -0.117. The molecular weight excluding hydrogens is 394 g/mol. The second kappa shape index (κ2) is 10.7. The van der Waals surface area contributed by atoms with Gasteiger partial charge >= 0.3 is 0 Å². The van der Waals surface area contributed by atoms with E-state index < -0.39 is 5.91 Å². The van der Waals surface area contributed by atoms with Crippen molar-refractivity contribution < 1.29 is 19.0 Å². The predicted molar refractivity (Wildman–Crippen MR) is 120 cm³/mol. The number of methoxy groups -OCH3 is 3. The second-order valence-electron chi connectivity index (χ2n) is 7.47. The molecule has 0 radical (unpaired) electrons. The predicted octanol–water partition coefficient (Wildman–Crippen LogP) is 4.11. The van der Waals surface area contributed by atoms with Gasteiger partial charge in [-0.3, -0.25) is 4.79 Å². The number of hydrogen-bond acceptors (Lipinski definition) is 5. The van der Waals surface area contributed by atoms with Crippen LogP contribution in [0.3, 0.4) is 0 Å². The number of nitrogens with zero attached hydrogens (tertiary/aromatic N) is 2. The van der Waals surface area contributed by atoms with E-state index in [0.29, 0.717) is 18.1 Å². The van der Waals surface area contributed by atoms with Crippen LogP contribution in [0.15, 0.2) is 29.8 Å². The first-order valence-electron chi connectivity index (χ1n) is 10.1. The normalized spacial score (nSPS) is 13.3. The van der Waals surface area contributed by atoms with Gasteiger partial charge in [0.25, 0.3) is 5.91 Å². The number of ether oxygens (including phenoxy) is 3. The van der Waals surface area contributed by atoms with E-state index in [2.05, 4.69) is 16.8 Å². The van der Waals surface area contributed by atoms with E-state index in [1.807, 2.05) is 39.0 Å². The molecule has 2 rings (SSSR count). The zero-order valence-corrected chi connectivity index (χ0v) is 19.3. The molecule has 0 fully saturated rings. The molecule has 7 nitrogen and oxygen atoms in total. The Morgan fingerprint density at radius 1 is 1.19 bits per heavy atom. The van der Waals surface area contributed by atoms with E-state index >= 15 is 0 Å². The highest BCUT2D eigenvalue weighted by Crippen LogP contribution is 2.29. The average Bonchev–Trinajstić information content (AvgIpc) is 3.04. The van der Waals surface area contributed by atoms with Crippen molar-refractivity contribution >= 4 is 12.0 Å². The minimum atomic E-state index is -0.449. The Bertz CT molecular complexity index is 1000. The van der Waals surface area contributed by atoms with Gasteiger partial charge in [0.15, 0.2) is 0 Å². The summed E-state index contributed by atoms with van der Waals surface area (Å²) in [5.74, 6) is 0.840. The molecular formula is C24H31N3O4. The fourth-order valence-electron chi connectivity index (χ4n) is 3.78. The molecule has 0 bridgehead atoms. The van der Waals surface area contributed by atoms with E-state index in [-0.39, 0.29) is 17.7 Å². The summed E-state index contributed by atoms with van der Waals surface area (Å²) >= 11 is 0. The van der Waals surface area contributed by atoms with E-state index in [9.17, 15) is 10.1 Å². The summed E-state index contributed by atoms with van der Waals surface area (Å²) in [5, 5.41) is 12.5. The van der Waals surface area contributed by atoms with E-state index in [1.54, 1.807) is 39.5 Å². The van der Waals surface area contributed by atoms with Crippen LogP contribution in [0.25, 0.3) is 6.08 Å². The van der Waals surface area contributed by atoms with E-state index in [0.717, 1.165) is 22.5 Å². The van der Waals surface area contributed by atoms with Crippen LogP contribution >= 0.6 is 0 Å². The molecule has 31 heavy (non-hydrogen) atoms. The van der Waals surface area contributed by atoms with Gasteiger partial charge in [-0.1, -0.05) is 0 Å². The van der Waals surface area contributed by atoms with Crippen molar-refractivity contribution in [2.24, 2.45) is 0 Å². The third kappa shape index (κ3) is 5.47. The Hall–Kier alpha value is -3.24. The number of rotatable bonds is 9. The largest absolute Gasteiger partial charge is 0.497 e. The van der Waals surface area contributed by atoms with Crippen LogP contribution in [-0.2, 0) is 9.53 Å². The van der Waals surface area contributed by atoms with Crippen LogP contribution in [-0.4, -0.2) is 38.4 Å². The molecule has 0 aliphatic rings. The summed E-state index contributed by atoms with van der Waals surface area (Å²) in [6.45, 7) is 8.45. The first-order valence-corrected chi connectivity index (χ1v) is 10.1. The first-order chi connectivity index (χ1) is 14.8. The van der Waals surface area contributed by atoms with Crippen LogP contribution in [0.4, 0.5) is 0 Å². The molecule has 0 spiro atoms. The van der Waals surface area contributed by atoms with Crippen LogP contribution in [0.1, 0.15) is 48.4 Å². The summed E-state index contributed by atoms with van der Waals surface area (Å²) in [5.41, 5.74) is 3.65. The molecule has 1 N–H and O–H groups in total. The maximum atomic E-state index is 12.9. The highest BCUT2D eigenvalue weighted by Gasteiger charge is 2.19. The molecule has 0 saturated carbocycles. The molecule has 2 unspecified atom stereocenters. The second-order valence-corrected chi connectivity index (χ2v) is 7.47. The van der Waals surface area contributed by atoms with Crippen molar-refractivity contribution in [1.29, 1.82) is 5.26 Å². The summed E-state index contributed by atoms with van der Waals surface area (Å²) in [6.07, 6.45) is 1.63. The molecule has 2 aromatic rings. The molecule has 166 valence electrons. The molecule has 7 heteroatoms. The van der Waals surface area contributed by atoms with Crippen LogP contribution < -0.4 is 14.8 Å². The molecule has 1 aromatic carbocycles. The third-order valence-electron chi connectivity index (χ3n) is 5.29. The van der Waals surface area contributed by atoms with E-state index in [4.69, 9.17) is 14.2 Å². The molecule has 0 saturated heterocycles. The monoisotopic (exact) mass is 425 g/mol. The molecule has 1 heterocycles. The zero-order valence-electron chi connectivity index (χ0n) is 19.3. The van der Waals surface area contributed by atoms with Crippen molar-refractivity contribution in [3.8, 4) is 17.6 Å². The van der Waals surface area contributed by atoms with Crippen molar-refractivity contribution in [1.82, 2.24) is 9.88 Å². The number of amides is 1. The summed E-state index contributed by atoms with van der Waals surface area (Å²) in [4.78, 5) is 12.9. The van der Waals surface area contributed by atoms with Crippen LogP contribution in [0, 0.1) is 25.2 Å². The molecule has 0 aliphatic heterocycles. The minimum Gasteiger partial charge on any atom is -0.497 e. The maximum absolute atomic E-state index is 12.9. The standard InChI is InChI=1S/C24H31N3O4/c1-15-10-19(18(4)27(15)16(2)14-29-5)11-20(13-25)24(28)26-17(3)22-12-21(30-6)8-9-23(22)31-7/h8-12,16-17H,14H2,1-7H3,(H,26,28)/b20-11+. The summed E-state index contributed by atoms with van der Waals surface area (Å²) in [6, 6.07) is 9.15. The zero-order chi connectivity index (χ0) is 23.1. The Labute approximate surface area is 184 Å². The number of carbonyl (C=O) groups is 1. The average molecular weight is 426 g/mol. The highest BCUT2D eigenvalue weighted by molar-refractivity contribution is 6.02. The lowest BCUT2D eigenvalue weighted by atomic mass is 10.1. The van der Waals surface area contributed by atoms with Gasteiger partial charge in [-0.25, -0.2) is 0 Å². The maximum Gasteiger partial charge on any atom is 0.262 e. The number of benzene rings is 1. The summed E-state index contributed by atoms with van der Waals surface area (Å²) in [7, 11) is 4.82. The SMILES string of the molecule is COCC(C)n1c(C)cc(/C=C(\C#N)C(=O)NC(C)c2cc(OC)ccc2OC)c1C. The number of nitriles is 1. The summed E-state index contributed by atoms with van der Waals surface area (Å²) < 4.78 is 18.1. The van der Waals surface area contributed by atoms with Crippen molar-refractivity contribution in [3.63, 3.8) is 0 Å². The number of nitrogens with one attached hydrogen (secondary N) is 1. The highest BCUT2D eigenvalue weighted by atomic mass is 16.5. The van der Waals surface area contributed by atoms with Crippen LogP contribution in [0.2, 0.25) is 0 Å². The fourth-order valence-corrected chi connectivity index (χ4v) is 3.78. The van der Waals surface area contributed by atoms with Gasteiger partial charge < -0.3 is 24.1 Å². The molecule has 1 aromatic heterocycles. The van der Waals surface area contributed by atoms with Gasteiger partial charge in [0.2, 0.25) is 0 Å². The molecule has 1 amide bonds. The van der Waals surface area contributed by atoms with Gasteiger partial charge in [0, 0.05) is 24.1 Å². The topological polar surface area (TPSA) is 85.5 Å². The van der Waals surface area contributed by atoms with Crippen molar-refractivity contribution in [3.05, 3.63) is 52.4 Å². The number of carbonyl (C=O) groups excluding carboxylic acids is 1. The van der Waals surface area contributed by atoms with Gasteiger partial charge in [-0.2, -0.15) is 5.26 Å². The van der Waals surface area contributed by atoms with Crippen molar-refractivity contribution in [2.45, 2.75) is 39.8 Å². The fraction of sp³-hybridized carbons (Fsp3) is 0.417. The van der Waals surface area contributed by atoms with Gasteiger partial charge in [0.05, 0.1) is 32.9 Å². The number of aryl methyl sites for hydroxylation is 1. The Morgan fingerprint density at radius 2 is 1.90 bits per heavy atom. The Kier molecular flexibility index (Phi) is 8.29. The smallest absolute Gasteiger partial charge is 0.262 e. The van der Waals surface area contributed by atoms with Crippen LogP contribution in [0.5, 0.6) is 11.5 Å². The Balaban J connectivity index is 2.30. The molecule has 2 atom stereocenters. The van der Waals surface area contributed by atoms with Gasteiger partial charge in [-0.05, 0) is 63.6 Å². The van der Waals surface area contributed by atoms with Gasteiger partial charge in [0.1, 0.15) is 23.1 Å². The van der Waals surface area contributed by atoms with Crippen molar-refractivity contribution in [2.75, 3.05) is 27.9 Å². The third-order valence-corrected chi connectivity index (χ3v) is 5.29.